The topological polar surface area (TPSA) is 171 Å². The van der Waals surface area contributed by atoms with Crippen LogP contribution >= 0.6 is 11.6 Å². The number of likely N-dealkylation sites (tertiary alicyclic amines) is 2. The van der Waals surface area contributed by atoms with E-state index in [0.29, 0.717) is 36.4 Å². The predicted octanol–water partition coefficient (Wildman–Crippen LogP) is 7.76. The van der Waals surface area contributed by atoms with E-state index in [9.17, 15) is 24.3 Å². The van der Waals surface area contributed by atoms with E-state index in [2.05, 4.69) is 49.0 Å². The summed E-state index contributed by atoms with van der Waals surface area (Å²) in [5.41, 5.74) is 2.12. The second kappa shape index (κ2) is 21.0. The average Bonchev–Trinajstić information content (AvgIpc) is 3.89. The van der Waals surface area contributed by atoms with E-state index in [1.54, 1.807) is 4.90 Å². The Morgan fingerprint density at radius 2 is 1.67 bits per heavy atom. The van der Waals surface area contributed by atoms with E-state index in [4.69, 9.17) is 21.1 Å². The maximum absolute atomic E-state index is 16.6. The number of ether oxygens (including phenoxy) is 2. The molecule has 0 radical (unpaired) electrons. The Kier molecular flexibility index (Phi) is 14.5. The highest BCUT2D eigenvalue weighted by Gasteiger charge is 2.50. The van der Waals surface area contributed by atoms with Crippen LogP contribution in [0.1, 0.15) is 104 Å². The van der Waals surface area contributed by atoms with Crippen LogP contribution in [0, 0.1) is 17.6 Å². The summed E-state index contributed by atoms with van der Waals surface area (Å²) in [6.45, 7) is 5.49. The molecule has 386 valence electrons. The van der Waals surface area contributed by atoms with Crippen LogP contribution in [0.25, 0.3) is 22.0 Å². The first kappa shape index (κ1) is 50.4. The van der Waals surface area contributed by atoms with E-state index in [0.717, 1.165) is 94.0 Å². The molecule has 5 aromatic rings. The van der Waals surface area contributed by atoms with Crippen LogP contribution in [0.2, 0.25) is 5.02 Å². The van der Waals surface area contributed by atoms with Gasteiger partial charge in [0.1, 0.15) is 18.2 Å². The Labute approximate surface area is 428 Å². The van der Waals surface area contributed by atoms with Gasteiger partial charge in [0, 0.05) is 98.8 Å². The molecule has 1 aliphatic carbocycles. The summed E-state index contributed by atoms with van der Waals surface area (Å²) in [4.78, 5) is 57.9. The van der Waals surface area contributed by atoms with Gasteiger partial charge in [0.25, 0.3) is 5.91 Å². The first-order chi connectivity index (χ1) is 35.3. The summed E-state index contributed by atoms with van der Waals surface area (Å²) in [5, 5.41) is 23.3. The van der Waals surface area contributed by atoms with Crippen molar-refractivity contribution in [2.45, 2.75) is 94.2 Å². The number of hydrogen-bond donors (Lipinski definition) is 4. The molecule has 4 fully saturated rings. The zero-order valence-corrected chi connectivity index (χ0v) is 42.3. The Morgan fingerprint density at radius 1 is 0.932 bits per heavy atom. The lowest BCUT2D eigenvalue weighted by atomic mass is 9.77. The van der Waals surface area contributed by atoms with Crippen LogP contribution < -0.4 is 30.3 Å². The summed E-state index contributed by atoms with van der Waals surface area (Å²) in [6, 6.07) is 20.0. The third kappa shape index (κ3) is 9.53. The number of aromatic nitrogens is 2. The number of benzene rings is 4. The number of hydrogen-bond acceptors (Lipinski definition) is 10. The van der Waals surface area contributed by atoms with Crippen molar-refractivity contribution < 1.29 is 42.5 Å². The number of anilines is 1. The van der Waals surface area contributed by atoms with E-state index >= 15 is 8.78 Å². The quantitative estimate of drug-likeness (QED) is 0.0915. The number of aliphatic hydroxyl groups is 1. The zero-order chi connectivity index (χ0) is 51.1. The van der Waals surface area contributed by atoms with Crippen LogP contribution in [-0.4, -0.2) is 120 Å². The van der Waals surface area contributed by atoms with Crippen LogP contribution in [-0.2, 0) is 22.2 Å². The lowest BCUT2D eigenvalue weighted by molar-refractivity contribution is -0.138. The second-order valence-corrected chi connectivity index (χ2v) is 20.6. The molecule has 4 aliphatic heterocycles. The van der Waals surface area contributed by atoms with Crippen LogP contribution in [0.3, 0.4) is 0 Å². The van der Waals surface area contributed by atoms with Gasteiger partial charge >= 0.3 is 6.03 Å². The molecule has 4 N–H and O–H groups in total. The van der Waals surface area contributed by atoms with Gasteiger partial charge in [0.05, 0.1) is 22.7 Å². The highest BCUT2D eigenvalue weighted by Crippen LogP contribution is 2.56. The lowest BCUT2D eigenvalue weighted by Gasteiger charge is -2.43. The highest BCUT2D eigenvalue weighted by molar-refractivity contribution is 6.34. The number of aryl methyl sites for hydroxylation is 1. The Hall–Kier alpha value is -6.14. The summed E-state index contributed by atoms with van der Waals surface area (Å²) in [5.74, 6) is -2.02. The Morgan fingerprint density at radius 3 is 2.37 bits per heavy atom. The van der Waals surface area contributed by atoms with Crippen molar-refractivity contribution in [1.82, 2.24) is 35.5 Å². The largest absolute Gasteiger partial charge is 0.488 e. The van der Waals surface area contributed by atoms with Gasteiger partial charge in [0.2, 0.25) is 11.8 Å². The number of imide groups is 1. The molecular weight excluding hydrogens is 958 g/mol. The summed E-state index contributed by atoms with van der Waals surface area (Å²) >= 11 is 6.79. The third-order valence-corrected chi connectivity index (χ3v) is 16.6. The van der Waals surface area contributed by atoms with Gasteiger partial charge in [-0.25, -0.2) is 13.6 Å². The molecule has 4 aromatic carbocycles. The van der Waals surface area contributed by atoms with Crippen molar-refractivity contribution >= 4 is 52.1 Å². The fourth-order valence-electron chi connectivity index (χ4n) is 12.2. The number of halogens is 3. The summed E-state index contributed by atoms with van der Waals surface area (Å²) in [7, 11) is 3.31. The van der Waals surface area contributed by atoms with Gasteiger partial charge in [-0.15, -0.1) is 0 Å². The minimum atomic E-state index is -1.09. The van der Waals surface area contributed by atoms with Gasteiger partial charge in [-0.2, -0.15) is 5.10 Å². The third-order valence-electron chi connectivity index (χ3n) is 16.3. The molecule has 3 saturated heterocycles. The van der Waals surface area contributed by atoms with Gasteiger partial charge in [-0.3, -0.25) is 29.3 Å². The standard InChI is InChI=1S/C55H63ClF2N8O7/c1-32-46-44(30-41(57)49(56)48(46)47-40(52(69)59-2)15-16-43(50(47)58)72-28-27-67)73-55(32,36-7-5-4-6-8-36)31-60-37-12-9-34(10-13-37)53(70)65-24-19-38(20-25-65)64-22-17-33(18-23-64)35-11-14-39-42(29-35)63(3)62-51(39)66-26-21-45(68)61-54(66)71/h4-8,11,14-16,29-30,32-34,37-38,60,67H,9-10,12-13,17-28,31H2,1-3H3,(H,59,69)(H,61,68,71). The average molecular weight is 1020 g/mol. The van der Waals surface area contributed by atoms with Crippen LogP contribution in [0.15, 0.2) is 66.7 Å². The number of nitrogens with one attached hydrogen (secondary N) is 3. The molecule has 1 saturated carbocycles. The molecule has 1 aromatic heterocycles. The molecule has 2 unspecified atom stereocenters. The molecule has 5 heterocycles. The van der Waals surface area contributed by atoms with Crippen LogP contribution in [0.5, 0.6) is 11.5 Å². The molecule has 0 spiro atoms. The molecule has 73 heavy (non-hydrogen) atoms. The second-order valence-electron chi connectivity index (χ2n) is 20.3. The minimum Gasteiger partial charge on any atom is -0.488 e. The smallest absolute Gasteiger partial charge is 0.329 e. The molecule has 0 bridgehead atoms. The van der Waals surface area contributed by atoms with Gasteiger partial charge in [0.15, 0.2) is 23.0 Å². The zero-order valence-electron chi connectivity index (χ0n) is 41.5. The Bertz CT molecular complexity index is 2920. The molecule has 5 amide bonds. The van der Waals surface area contributed by atoms with Crippen molar-refractivity contribution in [1.29, 1.82) is 0 Å². The molecule has 10 rings (SSSR count). The van der Waals surface area contributed by atoms with Crippen molar-refractivity contribution in [3.63, 3.8) is 0 Å². The maximum Gasteiger partial charge on any atom is 0.329 e. The fourth-order valence-corrected chi connectivity index (χ4v) is 12.5. The molecule has 18 heteroatoms. The number of carbonyl (C=O) groups excluding carboxylic acids is 4. The highest BCUT2D eigenvalue weighted by atomic mass is 35.5. The summed E-state index contributed by atoms with van der Waals surface area (Å²) < 4.78 is 46.8. The van der Waals surface area contributed by atoms with Crippen molar-refractivity contribution in [2.75, 3.05) is 64.4 Å². The molecule has 2 atom stereocenters. The first-order valence-corrected chi connectivity index (χ1v) is 26.1. The normalized spacial score (nSPS) is 23.1. The number of amides is 5. The number of urea groups is 1. The predicted molar refractivity (Wildman–Crippen MR) is 273 cm³/mol. The first-order valence-electron chi connectivity index (χ1n) is 25.7. The number of aliphatic hydroxyl groups excluding tert-OH is 1. The number of carbonyl (C=O) groups is 4. The molecule has 5 aliphatic rings. The van der Waals surface area contributed by atoms with Gasteiger partial charge in [-0.05, 0) is 106 Å². The van der Waals surface area contributed by atoms with Crippen molar-refractivity contribution in [3.05, 3.63) is 106 Å². The van der Waals surface area contributed by atoms with Gasteiger partial charge < -0.3 is 35.0 Å². The monoisotopic (exact) mass is 1020 g/mol. The van der Waals surface area contributed by atoms with E-state index in [1.165, 1.54) is 30.8 Å². The van der Waals surface area contributed by atoms with Crippen molar-refractivity contribution in [2.24, 2.45) is 13.0 Å². The number of fused-ring (bicyclic) bond motifs is 2. The summed E-state index contributed by atoms with van der Waals surface area (Å²) in [6.07, 6.45) is 7.30. The SMILES string of the molecule is CNC(=O)c1ccc(OCCO)c(F)c1-c1c(Cl)c(F)cc2c1C(C)C(CNC1CCC(C(=O)N3CCC(N4CCC(c5ccc6c(N7CCC(=O)NC7=O)nn(C)c6c5)CC4)CC3)CC1)(c1ccccc1)O2. The Balaban J connectivity index is 0.754. The fraction of sp³-hybridized carbons (Fsp3) is 0.473. The maximum atomic E-state index is 16.6. The number of nitrogens with zero attached hydrogens (tertiary/aromatic N) is 5. The van der Waals surface area contributed by atoms with Crippen LogP contribution in [0.4, 0.5) is 19.4 Å². The van der Waals surface area contributed by atoms with E-state index in [1.807, 2.05) is 49.0 Å². The minimum absolute atomic E-state index is 0.000210. The molecule has 15 nitrogen and oxygen atoms in total. The number of piperidine rings is 2. The van der Waals surface area contributed by atoms with E-state index < -0.39 is 35.1 Å². The number of rotatable bonds is 13. The van der Waals surface area contributed by atoms with Gasteiger partial charge in [-0.1, -0.05) is 54.9 Å². The van der Waals surface area contributed by atoms with E-state index in [-0.39, 0.29) is 76.6 Å². The molecular formula is C55H63ClF2N8O7. The van der Waals surface area contributed by atoms with Crippen molar-refractivity contribution in [3.8, 4) is 22.6 Å². The lowest BCUT2D eigenvalue weighted by Crippen LogP contribution is -2.51.